The molecule has 10 rings (SSSR count). The third-order valence-corrected chi connectivity index (χ3v) is 23.4. The highest BCUT2D eigenvalue weighted by Crippen LogP contribution is 2.62. The highest BCUT2D eigenvalue weighted by molar-refractivity contribution is 5.02. The molecule has 0 N–H and O–H groups in total. The van der Waals surface area contributed by atoms with Crippen LogP contribution in [-0.2, 0) is 0 Å². The van der Waals surface area contributed by atoms with E-state index < -0.39 is 0 Å². The lowest BCUT2D eigenvalue weighted by Gasteiger charge is -2.49. The Morgan fingerprint density at radius 3 is 1.05 bits per heavy atom. The van der Waals surface area contributed by atoms with Gasteiger partial charge in [-0.05, 0) is 210 Å². The molecule has 4 bridgehead atoms. The summed E-state index contributed by atoms with van der Waals surface area (Å²) in [5.41, 5.74) is 5.85. The monoisotopic (exact) mass is 907 g/mol. The maximum Gasteiger partial charge on any atom is -0.0288 e. The van der Waals surface area contributed by atoms with Crippen LogP contribution >= 0.6 is 0 Å². The highest BCUT2D eigenvalue weighted by Gasteiger charge is 2.51. The normalized spacial score (nSPS) is 35.8. The molecule has 10 aliphatic carbocycles. The first-order chi connectivity index (χ1) is 29.4. The maximum atomic E-state index is 2.49. The minimum atomic E-state index is 0.526. The Labute approximate surface area is 413 Å². The van der Waals surface area contributed by atoms with E-state index in [1.807, 2.05) is 0 Å². The van der Waals surface area contributed by atoms with Gasteiger partial charge >= 0.3 is 0 Å². The highest BCUT2D eigenvalue weighted by atomic mass is 14.6. The Bertz CT molecular complexity index is 1340. The third kappa shape index (κ3) is 14.8. The average molecular weight is 908 g/mol. The van der Waals surface area contributed by atoms with Crippen LogP contribution in [0.3, 0.4) is 0 Å². The molecule has 386 valence electrons. The van der Waals surface area contributed by atoms with Crippen molar-refractivity contribution in [3.8, 4) is 0 Å². The summed E-state index contributed by atoms with van der Waals surface area (Å²) in [5.74, 6) is 9.08. The van der Waals surface area contributed by atoms with Gasteiger partial charge in [0.05, 0.1) is 0 Å². The van der Waals surface area contributed by atoms with E-state index in [4.69, 9.17) is 0 Å². The maximum absolute atomic E-state index is 2.49. The Morgan fingerprint density at radius 2 is 0.846 bits per heavy atom. The third-order valence-electron chi connectivity index (χ3n) is 23.4. The van der Waals surface area contributed by atoms with Crippen LogP contribution in [0, 0.1) is 107 Å². The molecule has 0 amide bonds. The molecule has 0 unspecified atom stereocenters. The summed E-state index contributed by atoms with van der Waals surface area (Å²) in [4.78, 5) is 0. The van der Waals surface area contributed by atoms with Crippen molar-refractivity contribution in [2.45, 2.75) is 308 Å². The first kappa shape index (κ1) is 59.3. The smallest absolute Gasteiger partial charge is 0.0288 e. The SMILES string of the molecule is CC(C)C1C(C)(C)CCC1(C)C.CCC1(C)CC(C)(C)C(C)(C)C1.CCC1C(C)(C)CCC1(C)C.CCC1CC(C)(C)C(C)(C)C1.C[C@H]1CC2CCC1(C)CC2.C[C@H]1CC2CCC1CC2. The van der Waals surface area contributed by atoms with Crippen LogP contribution in [0.4, 0.5) is 0 Å². The topological polar surface area (TPSA) is 0 Å². The van der Waals surface area contributed by atoms with Gasteiger partial charge in [-0.2, -0.15) is 0 Å². The van der Waals surface area contributed by atoms with Crippen LogP contribution in [0.5, 0.6) is 0 Å². The van der Waals surface area contributed by atoms with E-state index in [9.17, 15) is 0 Å². The summed E-state index contributed by atoms with van der Waals surface area (Å²) < 4.78 is 0. The number of hydrogen-bond acceptors (Lipinski definition) is 0. The summed E-state index contributed by atoms with van der Waals surface area (Å²) in [7, 11) is 0. The predicted octanol–water partition coefficient (Wildman–Crippen LogP) is 22.1. The zero-order chi connectivity index (χ0) is 50.0. The zero-order valence-corrected chi connectivity index (χ0v) is 50.0. The van der Waals surface area contributed by atoms with Gasteiger partial charge in [0, 0.05) is 0 Å². The molecule has 0 aromatic heterocycles. The summed E-state index contributed by atoms with van der Waals surface area (Å²) >= 11 is 0. The zero-order valence-electron chi connectivity index (χ0n) is 50.0. The Hall–Kier alpha value is 0. The molecule has 10 fully saturated rings. The van der Waals surface area contributed by atoms with Gasteiger partial charge < -0.3 is 0 Å². The molecular weight excluding hydrogens is 781 g/mol. The lowest BCUT2D eigenvalue weighted by molar-refractivity contribution is 0.0209. The van der Waals surface area contributed by atoms with Gasteiger partial charge in [0.25, 0.3) is 0 Å². The molecule has 2 atom stereocenters. The molecule has 0 spiro atoms. The van der Waals surface area contributed by atoms with Crippen molar-refractivity contribution in [3.05, 3.63) is 0 Å². The van der Waals surface area contributed by atoms with E-state index >= 15 is 0 Å². The molecule has 0 nitrogen and oxygen atoms in total. The second-order valence-electron chi connectivity index (χ2n) is 32.1. The molecule has 0 saturated heterocycles. The first-order valence-corrected chi connectivity index (χ1v) is 29.4. The van der Waals surface area contributed by atoms with Crippen LogP contribution in [0.1, 0.15) is 308 Å². The van der Waals surface area contributed by atoms with Crippen molar-refractivity contribution in [3.63, 3.8) is 0 Å². The number of fused-ring (bicyclic) bond motifs is 6. The molecule has 10 aliphatic rings. The second kappa shape index (κ2) is 21.8. The average Bonchev–Trinajstić information content (AvgIpc) is 3.71. The lowest BCUT2D eigenvalue weighted by Crippen LogP contribution is -2.38. The van der Waals surface area contributed by atoms with Gasteiger partial charge in [-0.1, -0.05) is 205 Å². The van der Waals surface area contributed by atoms with E-state index in [2.05, 4.69) is 173 Å². The predicted molar refractivity (Wildman–Crippen MR) is 295 cm³/mol. The van der Waals surface area contributed by atoms with Crippen molar-refractivity contribution in [2.75, 3.05) is 0 Å². The molecule has 65 heavy (non-hydrogen) atoms. The van der Waals surface area contributed by atoms with E-state index in [1.165, 1.54) is 103 Å². The number of hydrogen-bond donors (Lipinski definition) is 0. The minimum Gasteiger partial charge on any atom is -0.0651 e. The minimum absolute atomic E-state index is 0.526. The molecule has 0 aromatic carbocycles. The first-order valence-electron chi connectivity index (χ1n) is 29.4. The summed E-state index contributed by atoms with van der Waals surface area (Å²) in [6, 6.07) is 0. The van der Waals surface area contributed by atoms with Gasteiger partial charge in [-0.25, -0.2) is 0 Å². The van der Waals surface area contributed by atoms with Gasteiger partial charge in [-0.15, -0.1) is 0 Å². The molecular formula is C65H126. The molecule has 10 saturated carbocycles. The van der Waals surface area contributed by atoms with E-state index in [-0.39, 0.29) is 0 Å². The summed E-state index contributed by atoms with van der Waals surface area (Å²) in [6.07, 6.45) is 30.7. The van der Waals surface area contributed by atoms with Crippen LogP contribution in [0.2, 0.25) is 0 Å². The van der Waals surface area contributed by atoms with E-state index in [0.29, 0.717) is 48.7 Å². The molecule has 0 heteroatoms. The number of rotatable bonds is 4. The van der Waals surface area contributed by atoms with Crippen molar-refractivity contribution < 1.29 is 0 Å². The quantitative estimate of drug-likeness (QED) is 0.264. The summed E-state index contributed by atoms with van der Waals surface area (Å²) in [6.45, 7) is 60.4. The molecule has 0 aromatic rings. The van der Waals surface area contributed by atoms with Gasteiger partial charge in [-0.3, -0.25) is 0 Å². The Morgan fingerprint density at radius 1 is 0.446 bits per heavy atom. The van der Waals surface area contributed by atoms with Crippen LogP contribution in [0.15, 0.2) is 0 Å². The molecule has 0 heterocycles. The van der Waals surface area contributed by atoms with Crippen molar-refractivity contribution >= 4 is 0 Å². The van der Waals surface area contributed by atoms with Crippen molar-refractivity contribution in [1.29, 1.82) is 0 Å². The fourth-order valence-corrected chi connectivity index (χ4v) is 17.8. The van der Waals surface area contributed by atoms with Crippen molar-refractivity contribution in [1.82, 2.24) is 0 Å². The Kier molecular flexibility index (Phi) is 19.9. The van der Waals surface area contributed by atoms with Crippen molar-refractivity contribution in [2.24, 2.45) is 107 Å². The van der Waals surface area contributed by atoms with E-state index in [0.717, 1.165) is 58.7 Å². The summed E-state index contributed by atoms with van der Waals surface area (Å²) in [5, 5.41) is 0. The standard InChI is InChI=1S/2C12H24.2C11H22.C10H18.C9H16/c1-9(2)10-11(3,4)7-8-12(10,5)6;1-7-12(6)8-10(2,3)11(4,5)9-12;1-6-9-7-10(2,3)11(4,5)8-9;1-6-9-10(2,3)7-8-11(9,4)5;1-8-7-9-3-5-10(8,2)6-4-9;1-7-6-8-2-4-9(7)5-3-8/h9-10H,7-8H2,1-6H3;7-9H2,1-6H3;2*9H,6-8H2,1-5H3;8-9H,3-7H2,1-2H3;7-9H,2-6H2,1H3/t;;;;8-,9?,10?;7-,8?,9?/m....00/s1. The van der Waals surface area contributed by atoms with Crippen LogP contribution < -0.4 is 0 Å². The molecule has 0 radical (unpaired) electrons. The van der Waals surface area contributed by atoms with Crippen LogP contribution in [0.25, 0.3) is 0 Å². The second-order valence-corrected chi connectivity index (χ2v) is 32.1. The van der Waals surface area contributed by atoms with Gasteiger partial charge in [0.15, 0.2) is 0 Å². The van der Waals surface area contributed by atoms with Gasteiger partial charge in [0.2, 0.25) is 0 Å². The molecule has 0 aliphatic heterocycles. The van der Waals surface area contributed by atoms with E-state index in [1.54, 1.807) is 32.1 Å². The largest absolute Gasteiger partial charge is 0.0651 e. The fourth-order valence-electron chi connectivity index (χ4n) is 17.8. The van der Waals surface area contributed by atoms with Gasteiger partial charge in [0.1, 0.15) is 0 Å². The fraction of sp³-hybridized carbons (Fsp3) is 1.00. The lowest BCUT2D eigenvalue weighted by atomic mass is 9.57. The Balaban J connectivity index is 0.000000208. The van der Waals surface area contributed by atoms with Crippen LogP contribution in [-0.4, -0.2) is 0 Å².